The van der Waals surface area contributed by atoms with E-state index in [4.69, 9.17) is 11.6 Å². The molecule has 0 aliphatic heterocycles. The third-order valence-electron chi connectivity index (χ3n) is 3.45. The van der Waals surface area contributed by atoms with Crippen molar-refractivity contribution in [1.82, 2.24) is 14.5 Å². The lowest BCUT2D eigenvalue weighted by atomic mass is 10.2. The Balaban J connectivity index is 2.29. The molecular weight excluding hydrogens is 365 g/mol. The average molecular weight is 378 g/mol. The lowest BCUT2D eigenvalue weighted by Gasteiger charge is -2.15. The predicted molar refractivity (Wildman–Crippen MR) is 97.2 cm³/mol. The van der Waals surface area contributed by atoms with Crippen LogP contribution in [0.3, 0.4) is 0 Å². The molecule has 128 valence electrons. The first-order valence-electron chi connectivity index (χ1n) is 7.25. The van der Waals surface area contributed by atoms with Gasteiger partial charge in [-0.05, 0) is 30.3 Å². The Hall–Kier alpha value is -2.38. The van der Waals surface area contributed by atoms with E-state index in [2.05, 4.69) is 4.98 Å². The molecule has 0 unspecified atom stereocenters. The van der Waals surface area contributed by atoms with Crippen LogP contribution in [-0.2, 0) is 0 Å². The van der Waals surface area contributed by atoms with E-state index in [9.17, 15) is 14.0 Å². The van der Waals surface area contributed by atoms with Crippen LogP contribution in [0.25, 0.3) is 16.6 Å². The Bertz CT molecular complexity index is 1040. The van der Waals surface area contributed by atoms with Crippen LogP contribution in [0.5, 0.6) is 0 Å². The second-order valence-corrected chi connectivity index (χ2v) is 6.74. The summed E-state index contributed by atoms with van der Waals surface area (Å²) in [6.07, 6.45) is 0. The summed E-state index contributed by atoms with van der Waals surface area (Å²) in [6.45, 7) is 0. The number of rotatable bonds is 2. The van der Waals surface area contributed by atoms with Crippen molar-refractivity contribution in [3.8, 4) is 5.69 Å². The van der Waals surface area contributed by atoms with Gasteiger partial charge in [-0.1, -0.05) is 23.7 Å². The molecule has 0 N–H and O–H groups in total. The van der Waals surface area contributed by atoms with Gasteiger partial charge in [0.2, 0.25) is 0 Å². The van der Waals surface area contributed by atoms with Crippen LogP contribution >= 0.6 is 23.4 Å². The molecular formula is C17H13ClFN3O2S. The number of carbonyl (C=O) groups excluding carboxylic acids is 1. The molecule has 0 fully saturated rings. The van der Waals surface area contributed by atoms with E-state index in [0.29, 0.717) is 16.6 Å². The maximum absolute atomic E-state index is 13.5. The molecule has 25 heavy (non-hydrogen) atoms. The highest BCUT2D eigenvalue weighted by Gasteiger charge is 2.18. The quantitative estimate of drug-likeness (QED) is 0.501. The standard InChI is InChI=1S/C17H13ClFN3O2S/c1-21(2)17(24)25-16-20-14-6-4-3-5-11(14)15(23)22(16)10-7-8-13(19)12(18)9-10/h3-9H,1-2H3. The molecule has 0 saturated carbocycles. The number of halogens is 2. The minimum Gasteiger partial charge on any atom is -0.339 e. The van der Waals surface area contributed by atoms with Gasteiger partial charge in [0.25, 0.3) is 10.8 Å². The van der Waals surface area contributed by atoms with E-state index in [0.717, 1.165) is 11.8 Å². The maximum atomic E-state index is 13.5. The number of fused-ring (bicyclic) bond motifs is 1. The van der Waals surface area contributed by atoms with Crippen molar-refractivity contribution in [3.63, 3.8) is 0 Å². The monoisotopic (exact) mass is 377 g/mol. The Morgan fingerprint density at radius 3 is 2.64 bits per heavy atom. The second-order valence-electron chi connectivity index (χ2n) is 5.41. The second kappa shape index (κ2) is 6.85. The van der Waals surface area contributed by atoms with Crippen molar-refractivity contribution in [2.45, 2.75) is 5.16 Å². The number of aromatic nitrogens is 2. The molecule has 3 rings (SSSR count). The van der Waals surface area contributed by atoms with Gasteiger partial charge in [0.1, 0.15) is 5.82 Å². The number of benzene rings is 2. The Kier molecular flexibility index (Phi) is 4.78. The van der Waals surface area contributed by atoms with Gasteiger partial charge in [0.05, 0.1) is 21.6 Å². The number of para-hydroxylation sites is 1. The molecule has 0 aliphatic rings. The first kappa shape index (κ1) is 17.4. The van der Waals surface area contributed by atoms with Gasteiger partial charge < -0.3 is 4.90 Å². The van der Waals surface area contributed by atoms with Gasteiger partial charge in [-0.2, -0.15) is 0 Å². The molecule has 0 saturated heterocycles. The molecule has 0 atom stereocenters. The largest absolute Gasteiger partial charge is 0.339 e. The molecule has 3 aromatic rings. The van der Waals surface area contributed by atoms with Gasteiger partial charge in [-0.3, -0.25) is 14.2 Å². The minimum atomic E-state index is -0.592. The zero-order valence-corrected chi connectivity index (χ0v) is 14.9. The van der Waals surface area contributed by atoms with Crippen molar-refractivity contribution < 1.29 is 9.18 Å². The molecule has 1 aromatic heterocycles. The number of amides is 1. The first-order valence-corrected chi connectivity index (χ1v) is 8.44. The lowest BCUT2D eigenvalue weighted by molar-refractivity contribution is 0.241. The summed E-state index contributed by atoms with van der Waals surface area (Å²) in [6, 6.07) is 10.8. The van der Waals surface area contributed by atoms with E-state index in [-0.39, 0.29) is 21.0 Å². The van der Waals surface area contributed by atoms with Crippen molar-refractivity contribution in [2.75, 3.05) is 14.1 Å². The highest BCUT2D eigenvalue weighted by molar-refractivity contribution is 8.13. The number of thioether (sulfide) groups is 1. The number of hydrogen-bond donors (Lipinski definition) is 0. The molecule has 0 radical (unpaired) electrons. The lowest BCUT2D eigenvalue weighted by Crippen LogP contribution is -2.24. The SMILES string of the molecule is CN(C)C(=O)Sc1nc2ccccc2c(=O)n1-c1ccc(F)c(Cl)c1. The summed E-state index contributed by atoms with van der Waals surface area (Å²) in [5.74, 6) is -0.592. The van der Waals surface area contributed by atoms with Gasteiger partial charge >= 0.3 is 0 Å². The topological polar surface area (TPSA) is 55.2 Å². The number of carbonyl (C=O) groups is 1. The van der Waals surface area contributed by atoms with Gasteiger partial charge in [-0.15, -0.1) is 0 Å². The van der Waals surface area contributed by atoms with E-state index in [1.165, 1.54) is 27.7 Å². The summed E-state index contributed by atoms with van der Waals surface area (Å²) >= 11 is 6.66. The first-order chi connectivity index (χ1) is 11.9. The highest BCUT2D eigenvalue weighted by atomic mass is 35.5. The molecule has 1 amide bonds. The number of nitrogens with zero attached hydrogens (tertiary/aromatic N) is 3. The Labute approximate surface area is 152 Å². The maximum Gasteiger partial charge on any atom is 0.288 e. The van der Waals surface area contributed by atoms with Crippen LogP contribution in [0.1, 0.15) is 0 Å². The van der Waals surface area contributed by atoms with E-state index in [1.54, 1.807) is 38.4 Å². The Morgan fingerprint density at radius 2 is 1.96 bits per heavy atom. The summed E-state index contributed by atoms with van der Waals surface area (Å²) in [7, 11) is 3.21. The molecule has 0 aliphatic carbocycles. The molecule has 0 spiro atoms. The summed E-state index contributed by atoms with van der Waals surface area (Å²) in [4.78, 5) is 30.9. The fourth-order valence-corrected chi connectivity index (χ4v) is 3.14. The van der Waals surface area contributed by atoms with Gasteiger partial charge in [0.15, 0.2) is 5.16 Å². The zero-order valence-electron chi connectivity index (χ0n) is 13.4. The van der Waals surface area contributed by atoms with Crippen molar-refractivity contribution in [3.05, 3.63) is 63.7 Å². The molecule has 5 nitrogen and oxygen atoms in total. The molecule has 0 bridgehead atoms. The summed E-state index contributed by atoms with van der Waals surface area (Å²) in [5, 5.41) is 0.172. The van der Waals surface area contributed by atoms with Crippen LogP contribution in [0, 0.1) is 5.82 Å². The Morgan fingerprint density at radius 1 is 1.24 bits per heavy atom. The average Bonchev–Trinajstić information content (AvgIpc) is 2.58. The van der Waals surface area contributed by atoms with Crippen LogP contribution in [-0.4, -0.2) is 33.8 Å². The van der Waals surface area contributed by atoms with Crippen LogP contribution in [0.2, 0.25) is 5.02 Å². The predicted octanol–water partition coefficient (Wildman–Crippen LogP) is 3.95. The minimum absolute atomic E-state index is 0.118. The molecule has 8 heteroatoms. The number of hydrogen-bond acceptors (Lipinski definition) is 4. The highest BCUT2D eigenvalue weighted by Crippen LogP contribution is 2.25. The van der Waals surface area contributed by atoms with Crippen LogP contribution in [0.4, 0.5) is 9.18 Å². The van der Waals surface area contributed by atoms with Crippen molar-refractivity contribution >= 4 is 39.5 Å². The smallest absolute Gasteiger partial charge is 0.288 e. The van der Waals surface area contributed by atoms with E-state index in [1.807, 2.05) is 0 Å². The van der Waals surface area contributed by atoms with E-state index < -0.39 is 5.82 Å². The molecule has 1 heterocycles. The van der Waals surface area contributed by atoms with Crippen LogP contribution < -0.4 is 5.56 Å². The van der Waals surface area contributed by atoms with Gasteiger partial charge in [-0.25, -0.2) is 9.37 Å². The van der Waals surface area contributed by atoms with Crippen LogP contribution in [0.15, 0.2) is 52.4 Å². The van der Waals surface area contributed by atoms with Crippen molar-refractivity contribution in [1.29, 1.82) is 0 Å². The summed E-state index contributed by atoms with van der Waals surface area (Å²) in [5.41, 5.74) is 0.456. The van der Waals surface area contributed by atoms with Gasteiger partial charge in [0, 0.05) is 25.9 Å². The zero-order chi connectivity index (χ0) is 18.1. The fraction of sp³-hybridized carbons (Fsp3) is 0.118. The normalized spacial score (nSPS) is 10.9. The fourth-order valence-electron chi connectivity index (χ4n) is 2.20. The third kappa shape index (κ3) is 3.38. The van der Waals surface area contributed by atoms with E-state index >= 15 is 0 Å². The van der Waals surface area contributed by atoms with Crippen molar-refractivity contribution in [2.24, 2.45) is 0 Å². The molecule has 2 aromatic carbocycles. The summed E-state index contributed by atoms with van der Waals surface area (Å²) < 4.78 is 14.7. The third-order valence-corrected chi connectivity index (χ3v) is 4.74.